The molecule has 0 bridgehead atoms. The highest BCUT2D eigenvalue weighted by atomic mass is 19.3. The highest BCUT2D eigenvalue weighted by molar-refractivity contribution is 6.02. The number of nitrogens with zero attached hydrogens (tertiary/aromatic N) is 6. The molecule has 0 spiro atoms. The van der Waals surface area contributed by atoms with Gasteiger partial charge in [-0.1, -0.05) is 18.2 Å². The molecule has 1 saturated carbocycles. The van der Waals surface area contributed by atoms with E-state index in [1.807, 2.05) is 0 Å². The lowest BCUT2D eigenvalue weighted by molar-refractivity contribution is 0.102. The molecule has 0 aliphatic heterocycles. The molecule has 31 heavy (non-hydrogen) atoms. The van der Waals surface area contributed by atoms with Crippen molar-refractivity contribution in [3.05, 3.63) is 71.2 Å². The van der Waals surface area contributed by atoms with Crippen LogP contribution in [0.4, 0.5) is 19.1 Å². The maximum absolute atomic E-state index is 13.8. The van der Waals surface area contributed by atoms with Gasteiger partial charge >= 0.3 is 0 Å². The lowest BCUT2D eigenvalue weighted by Gasteiger charge is -2.06. The summed E-state index contributed by atoms with van der Waals surface area (Å²) in [6.07, 6.45) is 0.419. The van der Waals surface area contributed by atoms with Crippen molar-refractivity contribution >= 4 is 17.5 Å². The number of anilines is 1. The predicted octanol–water partition coefficient (Wildman–Crippen LogP) is 3.58. The van der Waals surface area contributed by atoms with Crippen molar-refractivity contribution in [3.63, 3.8) is 0 Å². The molecule has 11 heteroatoms. The number of fused-ring (bicyclic) bond motifs is 1. The number of amides is 1. The minimum Gasteiger partial charge on any atom is -0.288 e. The van der Waals surface area contributed by atoms with Gasteiger partial charge < -0.3 is 0 Å². The Bertz CT molecular complexity index is 1280. The molecule has 1 aromatic carbocycles. The molecule has 1 amide bonds. The largest absolute Gasteiger partial charge is 0.288 e. The fourth-order valence-electron chi connectivity index (χ4n) is 3.27. The number of hydrogen-bond acceptors (Lipinski definition) is 5. The summed E-state index contributed by atoms with van der Waals surface area (Å²) in [5.74, 6) is -0.875. The van der Waals surface area contributed by atoms with E-state index >= 15 is 0 Å². The summed E-state index contributed by atoms with van der Waals surface area (Å²) in [5.41, 5.74) is 0.792. The van der Waals surface area contributed by atoms with Crippen molar-refractivity contribution in [3.8, 4) is 0 Å². The first-order valence-corrected chi connectivity index (χ1v) is 9.61. The molecule has 0 unspecified atom stereocenters. The summed E-state index contributed by atoms with van der Waals surface area (Å²) in [6, 6.07) is 8.95. The molecule has 4 aromatic rings. The van der Waals surface area contributed by atoms with Crippen molar-refractivity contribution in [1.29, 1.82) is 0 Å². The van der Waals surface area contributed by atoms with E-state index in [2.05, 4.69) is 25.5 Å². The van der Waals surface area contributed by atoms with Gasteiger partial charge in [0.2, 0.25) is 5.95 Å². The minimum absolute atomic E-state index is 0.0147. The molecule has 1 aliphatic carbocycles. The Balaban J connectivity index is 1.36. The second-order valence-corrected chi connectivity index (χ2v) is 7.29. The lowest BCUT2D eigenvalue weighted by Crippen LogP contribution is -2.14. The third-order valence-corrected chi connectivity index (χ3v) is 4.98. The minimum atomic E-state index is -2.76. The molecule has 5 rings (SSSR count). The van der Waals surface area contributed by atoms with Crippen LogP contribution in [0.25, 0.3) is 5.65 Å². The summed E-state index contributed by atoms with van der Waals surface area (Å²) >= 11 is 0. The van der Waals surface area contributed by atoms with E-state index in [0.29, 0.717) is 11.3 Å². The van der Waals surface area contributed by atoms with E-state index in [4.69, 9.17) is 0 Å². The average molecular weight is 427 g/mol. The third-order valence-electron chi connectivity index (χ3n) is 4.98. The Morgan fingerprint density at radius 3 is 2.74 bits per heavy atom. The van der Waals surface area contributed by atoms with Crippen molar-refractivity contribution < 1.29 is 18.0 Å². The number of carbonyl (C=O) groups excluding carboxylic acids is 1. The second kappa shape index (κ2) is 7.49. The monoisotopic (exact) mass is 427 g/mol. The van der Waals surface area contributed by atoms with Crippen LogP contribution in [0.2, 0.25) is 0 Å². The SMILES string of the molecule is O=C(Nc1ncn(Cc2ccccc2F)n1)c1cc2nc(C3CC3)cc(C(F)F)n2n1. The van der Waals surface area contributed by atoms with Gasteiger partial charge in [-0.2, -0.15) is 5.10 Å². The van der Waals surface area contributed by atoms with Gasteiger partial charge in [-0.05, 0) is 25.0 Å². The molecular formula is C20H16F3N7O. The van der Waals surface area contributed by atoms with E-state index in [9.17, 15) is 18.0 Å². The van der Waals surface area contributed by atoms with Crippen molar-refractivity contribution in [2.24, 2.45) is 0 Å². The van der Waals surface area contributed by atoms with E-state index in [1.165, 1.54) is 29.2 Å². The highest BCUT2D eigenvalue weighted by Crippen LogP contribution is 2.40. The number of aromatic nitrogens is 6. The molecule has 3 aromatic heterocycles. The van der Waals surface area contributed by atoms with Gasteiger partial charge in [-0.3, -0.25) is 10.1 Å². The summed E-state index contributed by atoms with van der Waals surface area (Å²) < 4.78 is 43.1. The smallest absolute Gasteiger partial charge is 0.280 e. The first-order valence-electron chi connectivity index (χ1n) is 9.61. The predicted molar refractivity (Wildman–Crippen MR) is 103 cm³/mol. The standard InChI is InChI=1S/C20H16F3N7O/c21-13-4-2-1-3-12(13)9-29-10-24-20(28-29)26-19(31)15-8-17-25-14(11-5-6-11)7-16(18(22)23)30(17)27-15/h1-4,7-8,10-11,18H,5-6,9H2,(H,26,28,31). The van der Waals surface area contributed by atoms with Gasteiger partial charge in [-0.25, -0.2) is 32.3 Å². The molecule has 0 radical (unpaired) electrons. The second-order valence-electron chi connectivity index (χ2n) is 7.29. The van der Waals surface area contributed by atoms with Crippen molar-refractivity contribution in [2.45, 2.75) is 31.7 Å². The van der Waals surface area contributed by atoms with Crippen LogP contribution in [0.15, 0.2) is 42.7 Å². The van der Waals surface area contributed by atoms with Gasteiger partial charge in [0, 0.05) is 23.2 Å². The zero-order chi connectivity index (χ0) is 21.5. The van der Waals surface area contributed by atoms with Gasteiger partial charge in [-0.15, -0.1) is 5.10 Å². The first kappa shape index (κ1) is 19.2. The average Bonchev–Trinajstić information content (AvgIpc) is 3.36. The fraction of sp³-hybridized carbons (Fsp3) is 0.250. The van der Waals surface area contributed by atoms with Crippen LogP contribution in [0.3, 0.4) is 0 Å². The maximum Gasteiger partial charge on any atom is 0.280 e. The molecule has 158 valence electrons. The number of alkyl halides is 2. The van der Waals surface area contributed by atoms with E-state index in [1.54, 1.807) is 18.2 Å². The molecule has 1 N–H and O–H groups in total. The number of carbonyl (C=O) groups is 1. The number of nitrogens with one attached hydrogen (secondary N) is 1. The van der Waals surface area contributed by atoms with Crippen molar-refractivity contribution in [1.82, 2.24) is 29.4 Å². The molecule has 8 nitrogen and oxygen atoms in total. The topological polar surface area (TPSA) is 90.0 Å². The van der Waals surface area contributed by atoms with E-state index < -0.39 is 12.3 Å². The van der Waals surface area contributed by atoms with Gasteiger partial charge in [0.05, 0.1) is 6.54 Å². The summed E-state index contributed by atoms with van der Waals surface area (Å²) in [5, 5.41) is 10.6. The van der Waals surface area contributed by atoms with Gasteiger partial charge in [0.1, 0.15) is 17.8 Å². The molecule has 3 heterocycles. The van der Waals surface area contributed by atoms with Crippen LogP contribution in [-0.4, -0.2) is 35.3 Å². The fourth-order valence-corrected chi connectivity index (χ4v) is 3.27. The van der Waals surface area contributed by atoms with Crippen LogP contribution in [0, 0.1) is 5.82 Å². The Labute approximate surface area is 173 Å². The highest BCUT2D eigenvalue weighted by Gasteiger charge is 2.28. The molecule has 0 saturated heterocycles. The zero-order valence-corrected chi connectivity index (χ0v) is 16.0. The quantitative estimate of drug-likeness (QED) is 0.508. The molecule has 1 fully saturated rings. The Kier molecular flexibility index (Phi) is 4.64. The summed E-state index contributed by atoms with van der Waals surface area (Å²) in [6.45, 7) is 0.134. The van der Waals surface area contributed by atoms with Gasteiger partial charge in [0.25, 0.3) is 12.3 Å². The van der Waals surface area contributed by atoms with Gasteiger partial charge in [0.15, 0.2) is 11.3 Å². The van der Waals surface area contributed by atoms with E-state index in [0.717, 1.165) is 17.4 Å². The number of hydrogen-bond donors (Lipinski definition) is 1. The zero-order valence-electron chi connectivity index (χ0n) is 16.0. The molecule has 1 aliphatic rings. The van der Waals surface area contributed by atoms with Crippen LogP contribution in [0.5, 0.6) is 0 Å². The summed E-state index contributed by atoms with van der Waals surface area (Å²) in [4.78, 5) is 20.9. The van der Waals surface area contributed by atoms with Crippen molar-refractivity contribution in [2.75, 3.05) is 5.32 Å². The number of rotatable bonds is 6. The van der Waals surface area contributed by atoms with Crippen LogP contribution >= 0.6 is 0 Å². The summed E-state index contributed by atoms with van der Waals surface area (Å²) in [7, 11) is 0. The maximum atomic E-state index is 13.8. The van der Waals surface area contributed by atoms with E-state index in [-0.39, 0.29) is 41.3 Å². The van der Waals surface area contributed by atoms with Crippen LogP contribution in [-0.2, 0) is 6.54 Å². The Hall–Kier alpha value is -3.76. The third kappa shape index (κ3) is 3.86. The Morgan fingerprint density at radius 2 is 2.00 bits per heavy atom. The van der Waals surface area contributed by atoms with Crippen LogP contribution in [0.1, 0.15) is 52.6 Å². The lowest BCUT2D eigenvalue weighted by atomic mass is 10.2. The Morgan fingerprint density at radius 1 is 1.19 bits per heavy atom. The van der Waals surface area contributed by atoms with Crippen LogP contribution < -0.4 is 5.32 Å². The number of halogens is 3. The number of benzene rings is 1. The molecule has 0 atom stereocenters. The first-order chi connectivity index (χ1) is 15.0. The normalized spacial score (nSPS) is 13.8. The molecular weight excluding hydrogens is 411 g/mol.